The van der Waals surface area contributed by atoms with E-state index in [4.69, 9.17) is 18.9 Å². The highest BCUT2D eigenvalue weighted by Crippen LogP contribution is 2.36. The lowest BCUT2D eigenvalue weighted by Gasteiger charge is -2.36. The molecule has 2 heterocycles. The maximum absolute atomic E-state index is 13.0. The lowest BCUT2D eigenvalue weighted by atomic mass is 9.88. The first-order valence-electron chi connectivity index (χ1n) is 12.4. The van der Waals surface area contributed by atoms with Crippen LogP contribution in [0.3, 0.4) is 0 Å². The van der Waals surface area contributed by atoms with E-state index in [1.54, 1.807) is 41.5 Å². The van der Waals surface area contributed by atoms with E-state index in [0.717, 1.165) is 16.7 Å². The molecular weight excluding hydrogens is 480 g/mol. The van der Waals surface area contributed by atoms with Gasteiger partial charge in [-0.05, 0) is 64.7 Å². The molecule has 3 rings (SSSR count). The number of fused-ring (bicyclic) bond motifs is 1. The highest BCUT2D eigenvalue weighted by Gasteiger charge is 2.43. The molecule has 0 N–H and O–H groups in total. The zero-order valence-corrected chi connectivity index (χ0v) is 23.0. The Labute approximate surface area is 218 Å². The number of carbonyl (C=O) groups excluding carboxylic acids is 4. The highest BCUT2D eigenvalue weighted by molar-refractivity contribution is 5.83. The van der Waals surface area contributed by atoms with Crippen LogP contribution in [0, 0.1) is 0 Å². The summed E-state index contributed by atoms with van der Waals surface area (Å²) >= 11 is 0. The summed E-state index contributed by atoms with van der Waals surface area (Å²) in [6.07, 6.45) is -0.492. The monoisotopic (exact) mass is 518 g/mol. The Kier molecular flexibility index (Phi) is 8.09. The zero-order chi connectivity index (χ0) is 27.7. The third kappa shape index (κ3) is 6.72. The van der Waals surface area contributed by atoms with E-state index < -0.39 is 47.4 Å². The lowest BCUT2D eigenvalue weighted by molar-refractivity contribution is -0.147. The van der Waals surface area contributed by atoms with Gasteiger partial charge in [-0.25, -0.2) is 19.2 Å². The zero-order valence-electron chi connectivity index (χ0n) is 23.0. The number of ether oxygens (including phenoxy) is 4. The summed E-state index contributed by atoms with van der Waals surface area (Å²) in [5.74, 6) is -1.15. The van der Waals surface area contributed by atoms with E-state index >= 15 is 0 Å². The highest BCUT2D eigenvalue weighted by atomic mass is 16.6. The van der Waals surface area contributed by atoms with Gasteiger partial charge in [-0.15, -0.1) is 0 Å². The van der Waals surface area contributed by atoms with Gasteiger partial charge in [0.05, 0.1) is 20.8 Å². The Morgan fingerprint density at radius 1 is 0.784 bits per heavy atom. The van der Waals surface area contributed by atoms with Crippen LogP contribution >= 0.6 is 0 Å². The Morgan fingerprint density at radius 2 is 1.32 bits per heavy atom. The van der Waals surface area contributed by atoms with E-state index in [1.165, 1.54) is 24.0 Å². The molecule has 1 fully saturated rings. The first-order chi connectivity index (χ1) is 17.1. The van der Waals surface area contributed by atoms with Crippen LogP contribution in [0.25, 0.3) is 0 Å². The molecule has 1 aromatic rings. The normalized spacial score (nSPS) is 21.7. The molecule has 1 unspecified atom stereocenters. The Morgan fingerprint density at radius 3 is 1.86 bits per heavy atom. The van der Waals surface area contributed by atoms with Gasteiger partial charge in [0, 0.05) is 18.9 Å². The Hall–Kier alpha value is -3.30. The number of benzene rings is 1. The molecule has 1 aromatic carbocycles. The largest absolute Gasteiger partial charge is 0.467 e. The summed E-state index contributed by atoms with van der Waals surface area (Å²) < 4.78 is 21.0. The van der Waals surface area contributed by atoms with Crippen molar-refractivity contribution in [1.29, 1.82) is 0 Å². The van der Waals surface area contributed by atoms with Crippen molar-refractivity contribution in [2.24, 2.45) is 0 Å². The number of carbonyl (C=O) groups is 4. The van der Waals surface area contributed by atoms with Gasteiger partial charge >= 0.3 is 24.1 Å². The summed E-state index contributed by atoms with van der Waals surface area (Å²) in [4.78, 5) is 53.6. The van der Waals surface area contributed by atoms with Crippen LogP contribution in [0.4, 0.5) is 9.59 Å². The predicted octanol–water partition coefficient (Wildman–Crippen LogP) is 3.79. The molecule has 37 heavy (non-hydrogen) atoms. The van der Waals surface area contributed by atoms with Gasteiger partial charge in [-0.3, -0.25) is 9.80 Å². The second-order valence-electron chi connectivity index (χ2n) is 11.5. The predicted molar refractivity (Wildman–Crippen MR) is 134 cm³/mol. The topological polar surface area (TPSA) is 112 Å². The van der Waals surface area contributed by atoms with Crippen molar-refractivity contribution in [2.45, 2.75) is 90.1 Å². The van der Waals surface area contributed by atoms with Crippen molar-refractivity contribution < 1.29 is 38.1 Å². The minimum Gasteiger partial charge on any atom is -0.467 e. The molecule has 0 aromatic heterocycles. The summed E-state index contributed by atoms with van der Waals surface area (Å²) in [6, 6.07) is 4.28. The van der Waals surface area contributed by atoms with Crippen LogP contribution in [0.1, 0.15) is 70.6 Å². The van der Waals surface area contributed by atoms with Gasteiger partial charge < -0.3 is 18.9 Å². The Balaban J connectivity index is 1.88. The van der Waals surface area contributed by atoms with Crippen molar-refractivity contribution in [3.63, 3.8) is 0 Å². The fraction of sp³-hybridized carbons (Fsp3) is 0.630. The molecule has 2 amide bonds. The van der Waals surface area contributed by atoms with Gasteiger partial charge in [0.2, 0.25) is 0 Å². The molecule has 3 atom stereocenters. The van der Waals surface area contributed by atoms with Gasteiger partial charge in [-0.1, -0.05) is 18.2 Å². The molecule has 2 aliphatic rings. The number of amides is 2. The smallest absolute Gasteiger partial charge is 0.411 e. The third-order valence-electron chi connectivity index (χ3n) is 6.34. The van der Waals surface area contributed by atoms with Crippen LogP contribution in [0.2, 0.25) is 0 Å². The molecule has 0 radical (unpaired) electrons. The first-order valence-corrected chi connectivity index (χ1v) is 12.4. The van der Waals surface area contributed by atoms with Crippen LogP contribution in [-0.4, -0.2) is 78.0 Å². The van der Waals surface area contributed by atoms with E-state index in [0.29, 0.717) is 12.8 Å². The minimum atomic E-state index is -0.795. The standard InChI is InChI=1S/C27H38N2O8/c1-26(2,3)36-24(32)28-14-18-11-16(9-10-17(18)12-20(28)22(30)34-7)19-13-21(23(31)35-8)29(15-19)25(33)37-27(4,5)6/h9-11,19-21H,12-15H2,1-8H3/t19?,20-,21-/m0/s1. The fourth-order valence-electron chi connectivity index (χ4n) is 4.68. The lowest BCUT2D eigenvalue weighted by Crippen LogP contribution is -2.50. The summed E-state index contributed by atoms with van der Waals surface area (Å²) in [5, 5.41) is 0. The van der Waals surface area contributed by atoms with Gasteiger partial charge in [0.1, 0.15) is 23.3 Å². The summed E-state index contributed by atoms with van der Waals surface area (Å²) in [7, 11) is 2.59. The fourth-order valence-corrected chi connectivity index (χ4v) is 4.68. The van der Waals surface area contributed by atoms with Crippen LogP contribution in [0.15, 0.2) is 18.2 Å². The number of methoxy groups -OCH3 is 2. The molecule has 204 valence electrons. The van der Waals surface area contributed by atoms with E-state index in [-0.39, 0.29) is 19.0 Å². The van der Waals surface area contributed by atoms with Crippen molar-refractivity contribution in [1.82, 2.24) is 9.80 Å². The number of rotatable bonds is 3. The number of nitrogens with zero attached hydrogens (tertiary/aromatic N) is 2. The first kappa shape index (κ1) is 28.3. The van der Waals surface area contributed by atoms with Crippen molar-refractivity contribution in [2.75, 3.05) is 20.8 Å². The van der Waals surface area contributed by atoms with Gasteiger partial charge in [0.15, 0.2) is 0 Å². The van der Waals surface area contributed by atoms with Crippen molar-refractivity contribution in [3.05, 3.63) is 34.9 Å². The number of likely N-dealkylation sites (tertiary alicyclic amines) is 1. The number of hydrogen-bond acceptors (Lipinski definition) is 8. The second kappa shape index (κ2) is 10.6. The van der Waals surface area contributed by atoms with Crippen molar-refractivity contribution in [3.8, 4) is 0 Å². The third-order valence-corrected chi connectivity index (χ3v) is 6.34. The quantitative estimate of drug-likeness (QED) is 0.439. The summed E-state index contributed by atoms with van der Waals surface area (Å²) in [5.41, 5.74) is 1.28. The minimum absolute atomic E-state index is 0.143. The average Bonchev–Trinajstić information content (AvgIpc) is 3.25. The summed E-state index contributed by atoms with van der Waals surface area (Å²) in [6.45, 7) is 11.1. The van der Waals surface area contributed by atoms with E-state index in [2.05, 4.69) is 0 Å². The van der Waals surface area contributed by atoms with Crippen LogP contribution in [0.5, 0.6) is 0 Å². The Bertz CT molecular complexity index is 1060. The molecule has 1 saturated heterocycles. The maximum Gasteiger partial charge on any atom is 0.411 e. The SMILES string of the molecule is COC(=O)[C@@H]1Cc2ccc(C3C[C@@H](C(=O)OC)N(C(=O)OC(C)(C)C)C3)cc2CN1C(=O)OC(C)(C)C. The molecule has 10 nitrogen and oxygen atoms in total. The number of esters is 2. The van der Waals surface area contributed by atoms with Gasteiger partial charge in [-0.2, -0.15) is 0 Å². The van der Waals surface area contributed by atoms with E-state index in [9.17, 15) is 19.2 Å². The maximum atomic E-state index is 13.0. The van der Waals surface area contributed by atoms with Gasteiger partial charge in [0.25, 0.3) is 0 Å². The molecule has 2 aliphatic heterocycles. The van der Waals surface area contributed by atoms with Crippen LogP contribution in [-0.2, 0) is 41.5 Å². The average molecular weight is 519 g/mol. The van der Waals surface area contributed by atoms with Crippen molar-refractivity contribution >= 4 is 24.1 Å². The molecule has 0 spiro atoms. The second-order valence-corrected chi connectivity index (χ2v) is 11.5. The van der Waals surface area contributed by atoms with Crippen LogP contribution < -0.4 is 0 Å². The number of hydrogen-bond donors (Lipinski definition) is 0. The molecular formula is C27H38N2O8. The molecule has 0 aliphatic carbocycles. The molecule has 0 saturated carbocycles. The molecule has 10 heteroatoms. The van der Waals surface area contributed by atoms with E-state index in [1.807, 2.05) is 18.2 Å². The molecule has 0 bridgehead atoms.